The minimum Gasteiger partial charge on any atom is -0.299 e. The summed E-state index contributed by atoms with van der Waals surface area (Å²) in [5.41, 5.74) is 0.673. The first-order valence-electron chi connectivity index (χ1n) is 9.13. The summed E-state index contributed by atoms with van der Waals surface area (Å²) in [6.45, 7) is 0. The lowest BCUT2D eigenvalue weighted by atomic mass is 9.60. The first-order valence-corrected chi connectivity index (χ1v) is 9.13. The summed E-state index contributed by atoms with van der Waals surface area (Å²) >= 11 is 0. The summed E-state index contributed by atoms with van der Waals surface area (Å²) in [7, 11) is 0. The molecule has 7 aliphatic carbocycles. The number of hydrogen-bond acceptors (Lipinski definition) is 2. The SMILES string of the molecule is O=C1[C@@H]2[C@H](C(=O)[C@H]3[C@H]1[C@H]1C=C[C@@H]3C13CC3)[C@@H]1C=C[C@@H]2C12CC2. The molecule has 22 heavy (non-hydrogen) atoms. The third-order valence-corrected chi connectivity index (χ3v) is 9.00. The van der Waals surface area contributed by atoms with Gasteiger partial charge in [-0.3, -0.25) is 9.59 Å². The quantitative estimate of drug-likeness (QED) is 0.643. The molecule has 0 radical (unpaired) electrons. The number of ketones is 2. The summed E-state index contributed by atoms with van der Waals surface area (Å²) in [5, 5.41) is 0. The lowest BCUT2D eigenvalue weighted by Gasteiger charge is -2.40. The van der Waals surface area contributed by atoms with Crippen LogP contribution in [-0.2, 0) is 9.59 Å². The monoisotopic (exact) mass is 292 g/mol. The topological polar surface area (TPSA) is 34.1 Å². The van der Waals surface area contributed by atoms with E-state index in [0.717, 1.165) is 0 Å². The van der Waals surface area contributed by atoms with Gasteiger partial charge in [-0.05, 0) is 60.2 Å². The molecule has 4 bridgehead atoms. The zero-order valence-electron chi connectivity index (χ0n) is 12.6. The third kappa shape index (κ3) is 0.871. The van der Waals surface area contributed by atoms with E-state index in [0.29, 0.717) is 46.1 Å². The maximum absolute atomic E-state index is 13.4. The normalized spacial score (nSPS) is 58.7. The molecule has 0 aromatic heterocycles. The van der Waals surface area contributed by atoms with Crippen LogP contribution in [0.3, 0.4) is 0 Å². The predicted octanol–water partition coefficient (Wildman–Crippen LogP) is 2.80. The van der Waals surface area contributed by atoms with Crippen LogP contribution in [0.5, 0.6) is 0 Å². The van der Waals surface area contributed by atoms with Crippen LogP contribution in [-0.4, -0.2) is 11.6 Å². The average Bonchev–Trinajstić information content (AvgIpc) is 3.37. The van der Waals surface area contributed by atoms with E-state index < -0.39 is 0 Å². The van der Waals surface area contributed by atoms with Crippen LogP contribution in [0.1, 0.15) is 25.7 Å². The fraction of sp³-hybridized carbons (Fsp3) is 0.700. The molecule has 112 valence electrons. The molecule has 2 spiro atoms. The Kier molecular flexibility index (Phi) is 1.52. The van der Waals surface area contributed by atoms with E-state index >= 15 is 0 Å². The van der Waals surface area contributed by atoms with Crippen LogP contribution in [0.15, 0.2) is 24.3 Å². The van der Waals surface area contributed by atoms with E-state index in [-0.39, 0.29) is 23.7 Å². The second-order valence-corrected chi connectivity index (χ2v) is 9.25. The fourth-order valence-corrected chi connectivity index (χ4v) is 7.97. The summed E-state index contributed by atoms with van der Waals surface area (Å²) in [6, 6.07) is 0. The van der Waals surface area contributed by atoms with E-state index in [2.05, 4.69) is 24.3 Å². The fourth-order valence-electron chi connectivity index (χ4n) is 7.97. The first kappa shape index (κ1) is 11.4. The molecule has 5 fully saturated rings. The Hall–Kier alpha value is -1.18. The molecule has 0 aliphatic heterocycles. The van der Waals surface area contributed by atoms with Crippen LogP contribution in [0.2, 0.25) is 0 Å². The van der Waals surface area contributed by atoms with E-state index in [9.17, 15) is 9.59 Å². The van der Waals surface area contributed by atoms with Gasteiger partial charge in [0.05, 0.1) is 0 Å². The second-order valence-electron chi connectivity index (χ2n) is 9.25. The van der Waals surface area contributed by atoms with Crippen molar-refractivity contribution in [3.63, 3.8) is 0 Å². The zero-order valence-corrected chi connectivity index (χ0v) is 12.6. The molecule has 5 saturated carbocycles. The molecule has 7 rings (SSSR count). The van der Waals surface area contributed by atoms with E-state index in [4.69, 9.17) is 0 Å². The van der Waals surface area contributed by atoms with Crippen molar-refractivity contribution < 1.29 is 9.59 Å². The van der Waals surface area contributed by atoms with Gasteiger partial charge in [0.2, 0.25) is 0 Å². The minimum atomic E-state index is 0.0507. The standard InChI is InChI=1S/C20H20O2/c21-17-13-9-1-2-10(19(9)5-6-19)14(13)18(22)16-12-4-3-11(15(16)17)20(12)7-8-20/h1-4,9-16H,5-8H2/t9-,10-,11-,12+,13+,14-,15+,16+/m0/s1. The highest BCUT2D eigenvalue weighted by Crippen LogP contribution is 2.78. The van der Waals surface area contributed by atoms with Gasteiger partial charge in [-0.15, -0.1) is 0 Å². The Morgan fingerprint density at radius 1 is 0.591 bits per heavy atom. The molecular weight excluding hydrogens is 272 g/mol. The number of fused-ring (bicyclic) bond motifs is 6. The molecule has 0 unspecified atom stereocenters. The summed E-state index contributed by atoms with van der Waals surface area (Å²) in [4.78, 5) is 26.8. The summed E-state index contributed by atoms with van der Waals surface area (Å²) in [6.07, 6.45) is 14.2. The molecule has 0 amide bonds. The molecule has 0 saturated heterocycles. The van der Waals surface area contributed by atoms with Crippen molar-refractivity contribution in [2.24, 2.45) is 58.2 Å². The van der Waals surface area contributed by atoms with Crippen molar-refractivity contribution in [1.29, 1.82) is 0 Å². The maximum Gasteiger partial charge on any atom is 0.141 e. The van der Waals surface area contributed by atoms with Gasteiger partial charge in [0.25, 0.3) is 0 Å². The molecule has 8 atom stereocenters. The van der Waals surface area contributed by atoms with Gasteiger partial charge in [0.1, 0.15) is 11.6 Å². The Morgan fingerprint density at radius 2 is 0.864 bits per heavy atom. The third-order valence-electron chi connectivity index (χ3n) is 9.00. The van der Waals surface area contributed by atoms with Crippen molar-refractivity contribution in [3.05, 3.63) is 24.3 Å². The van der Waals surface area contributed by atoms with Crippen molar-refractivity contribution >= 4 is 11.6 Å². The highest BCUT2D eigenvalue weighted by molar-refractivity contribution is 6.03. The number of rotatable bonds is 0. The van der Waals surface area contributed by atoms with Crippen molar-refractivity contribution in [2.75, 3.05) is 0 Å². The van der Waals surface area contributed by atoms with Crippen LogP contribution in [0.4, 0.5) is 0 Å². The largest absolute Gasteiger partial charge is 0.299 e. The lowest BCUT2D eigenvalue weighted by Crippen LogP contribution is -2.50. The maximum atomic E-state index is 13.4. The predicted molar refractivity (Wildman–Crippen MR) is 79.5 cm³/mol. The highest BCUT2D eigenvalue weighted by Gasteiger charge is 2.78. The Labute approximate surface area is 130 Å². The van der Waals surface area contributed by atoms with Crippen molar-refractivity contribution in [2.45, 2.75) is 25.7 Å². The summed E-state index contributed by atoms with van der Waals surface area (Å²) in [5.74, 6) is 2.78. The van der Waals surface area contributed by atoms with Crippen molar-refractivity contribution in [3.8, 4) is 0 Å². The van der Waals surface area contributed by atoms with Gasteiger partial charge in [-0.2, -0.15) is 0 Å². The molecule has 2 heteroatoms. The van der Waals surface area contributed by atoms with Crippen molar-refractivity contribution in [1.82, 2.24) is 0 Å². The lowest BCUT2D eigenvalue weighted by molar-refractivity contribution is -0.148. The Balaban J connectivity index is 1.41. The van der Waals surface area contributed by atoms with Gasteiger partial charge >= 0.3 is 0 Å². The molecule has 0 heterocycles. The molecule has 7 aliphatic rings. The smallest absolute Gasteiger partial charge is 0.141 e. The number of allylic oxidation sites excluding steroid dienone is 4. The summed E-state index contributed by atoms with van der Waals surface area (Å²) < 4.78 is 0. The first-order chi connectivity index (χ1) is 10.7. The molecule has 0 N–H and O–H groups in total. The molecule has 0 aromatic carbocycles. The highest BCUT2D eigenvalue weighted by atomic mass is 16.1. The Morgan fingerprint density at radius 3 is 1.09 bits per heavy atom. The van der Waals surface area contributed by atoms with Gasteiger partial charge in [0.15, 0.2) is 0 Å². The van der Waals surface area contributed by atoms with Gasteiger partial charge < -0.3 is 0 Å². The zero-order chi connectivity index (χ0) is 14.4. The minimum absolute atomic E-state index is 0.0507. The number of hydrogen-bond donors (Lipinski definition) is 0. The van der Waals surface area contributed by atoms with E-state index in [1.54, 1.807) is 0 Å². The van der Waals surface area contributed by atoms with Crippen LogP contribution < -0.4 is 0 Å². The number of carbonyl (C=O) groups excluding carboxylic acids is 2. The number of Topliss-reactive ketones (excluding diaryl/α,β-unsaturated/α-hetero) is 2. The van der Waals surface area contributed by atoms with Gasteiger partial charge in [0, 0.05) is 23.7 Å². The van der Waals surface area contributed by atoms with Crippen LogP contribution in [0.25, 0.3) is 0 Å². The van der Waals surface area contributed by atoms with Gasteiger partial charge in [-0.25, -0.2) is 0 Å². The average molecular weight is 292 g/mol. The van der Waals surface area contributed by atoms with Crippen LogP contribution >= 0.6 is 0 Å². The second kappa shape index (κ2) is 2.95. The number of carbonyl (C=O) groups is 2. The van der Waals surface area contributed by atoms with Gasteiger partial charge in [-0.1, -0.05) is 24.3 Å². The molecule has 2 nitrogen and oxygen atoms in total. The molecular formula is C20H20O2. The molecule has 0 aromatic rings. The van der Waals surface area contributed by atoms with E-state index in [1.807, 2.05) is 0 Å². The van der Waals surface area contributed by atoms with E-state index in [1.165, 1.54) is 25.7 Å². The Bertz CT molecular complexity index is 610. The van der Waals surface area contributed by atoms with Crippen LogP contribution in [0, 0.1) is 58.2 Å².